The molecule has 4 nitrogen and oxygen atoms in total. The molecule has 172 valence electrons. The average Bonchev–Trinajstić information content (AvgIpc) is 2.80. The van der Waals surface area contributed by atoms with Crippen molar-refractivity contribution in [1.29, 1.82) is 0 Å². The standard InChI is InChI=1S/C28H38N2O2/c1-4-26(28(32)29-25-13-9-6-10-14-25)30(18-17-23-11-7-5-8-12-23)27(31)20-24-16-15-21(2)22(3)19-24/h5,7-8,11-12,15-16,19,25-26H,4,6,9-10,13-14,17-18,20H2,1-3H3,(H,29,32)/t26-/m1/s1. The van der Waals surface area contributed by atoms with Crippen LogP contribution < -0.4 is 5.32 Å². The Bertz CT molecular complexity index is 888. The van der Waals surface area contributed by atoms with Crippen LogP contribution in [0.15, 0.2) is 48.5 Å². The lowest BCUT2D eigenvalue weighted by atomic mass is 9.95. The van der Waals surface area contributed by atoms with Gasteiger partial charge in [0.25, 0.3) is 0 Å². The number of rotatable bonds is 9. The molecule has 1 aliphatic carbocycles. The van der Waals surface area contributed by atoms with Gasteiger partial charge >= 0.3 is 0 Å². The van der Waals surface area contributed by atoms with E-state index in [2.05, 4.69) is 43.4 Å². The Kier molecular flexibility index (Phi) is 8.90. The van der Waals surface area contributed by atoms with Gasteiger partial charge in [0.1, 0.15) is 6.04 Å². The molecule has 0 radical (unpaired) electrons. The fourth-order valence-electron chi connectivity index (χ4n) is 4.63. The van der Waals surface area contributed by atoms with Gasteiger partial charge in [0, 0.05) is 12.6 Å². The van der Waals surface area contributed by atoms with Gasteiger partial charge in [-0.3, -0.25) is 9.59 Å². The van der Waals surface area contributed by atoms with E-state index in [0.29, 0.717) is 19.4 Å². The van der Waals surface area contributed by atoms with Crippen molar-refractivity contribution >= 4 is 11.8 Å². The molecule has 0 heterocycles. The predicted octanol–water partition coefficient (Wildman–Crippen LogP) is 5.14. The Morgan fingerprint density at radius 3 is 2.34 bits per heavy atom. The van der Waals surface area contributed by atoms with E-state index in [1.807, 2.05) is 36.1 Å². The zero-order chi connectivity index (χ0) is 22.9. The SMILES string of the molecule is CC[C@H](C(=O)NC1CCCCC1)N(CCc1ccccc1)C(=O)Cc1ccc(C)c(C)c1. The third-order valence-electron chi connectivity index (χ3n) is 6.75. The van der Waals surface area contributed by atoms with Crippen molar-refractivity contribution in [2.45, 2.75) is 84.2 Å². The van der Waals surface area contributed by atoms with E-state index in [4.69, 9.17) is 0 Å². The van der Waals surface area contributed by atoms with Crippen LogP contribution in [-0.2, 0) is 22.4 Å². The monoisotopic (exact) mass is 434 g/mol. The molecule has 2 aromatic rings. The van der Waals surface area contributed by atoms with Crippen molar-refractivity contribution in [2.75, 3.05) is 6.54 Å². The first kappa shape index (κ1) is 24.0. The van der Waals surface area contributed by atoms with Gasteiger partial charge in [0.05, 0.1) is 6.42 Å². The van der Waals surface area contributed by atoms with E-state index >= 15 is 0 Å². The Labute approximate surface area is 193 Å². The highest BCUT2D eigenvalue weighted by Gasteiger charge is 2.30. The summed E-state index contributed by atoms with van der Waals surface area (Å²) in [6, 6.07) is 16.2. The van der Waals surface area contributed by atoms with Crippen molar-refractivity contribution in [3.05, 3.63) is 70.8 Å². The number of nitrogens with zero attached hydrogens (tertiary/aromatic N) is 1. The minimum absolute atomic E-state index is 0.000832. The van der Waals surface area contributed by atoms with Gasteiger partial charge in [-0.2, -0.15) is 0 Å². The predicted molar refractivity (Wildman–Crippen MR) is 131 cm³/mol. The number of aryl methyl sites for hydroxylation is 2. The molecule has 1 saturated carbocycles. The first-order chi connectivity index (χ1) is 15.5. The fraction of sp³-hybridized carbons (Fsp3) is 0.500. The third-order valence-corrected chi connectivity index (χ3v) is 6.75. The number of hydrogen-bond acceptors (Lipinski definition) is 2. The summed E-state index contributed by atoms with van der Waals surface area (Å²) in [7, 11) is 0. The van der Waals surface area contributed by atoms with Gasteiger partial charge in [-0.05, 0) is 61.8 Å². The van der Waals surface area contributed by atoms with E-state index in [1.165, 1.54) is 36.0 Å². The summed E-state index contributed by atoms with van der Waals surface area (Å²) in [6.07, 6.45) is 7.37. The van der Waals surface area contributed by atoms with Crippen LogP contribution in [-0.4, -0.2) is 35.3 Å². The van der Waals surface area contributed by atoms with Gasteiger partial charge < -0.3 is 10.2 Å². The van der Waals surface area contributed by atoms with Gasteiger partial charge in [-0.1, -0.05) is 74.7 Å². The van der Waals surface area contributed by atoms with Crippen LogP contribution in [0, 0.1) is 13.8 Å². The highest BCUT2D eigenvalue weighted by molar-refractivity contribution is 5.88. The molecule has 3 rings (SSSR count). The summed E-state index contributed by atoms with van der Waals surface area (Å²) in [4.78, 5) is 28.5. The Balaban J connectivity index is 1.75. The van der Waals surface area contributed by atoms with Gasteiger partial charge in [0.2, 0.25) is 11.8 Å². The third kappa shape index (κ3) is 6.69. The minimum atomic E-state index is -0.431. The average molecular weight is 435 g/mol. The van der Waals surface area contributed by atoms with Crippen molar-refractivity contribution in [2.24, 2.45) is 0 Å². The Hall–Kier alpha value is -2.62. The number of benzene rings is 2. The summed E-state index contributed by atoms with van der Waals surface area (Å²) in [5, 5.41) is 3.25. The van der Waals surface area contributed by atoms with Crippen LogP contribution in [0.1, 0.15) is 67.7 Å². The largest absolute Gasteiger partial charge is 0.352 e. The molecule has 32 heavy (non-hydrogen) atoms. The lowest BCUT2D eigenvalue weighted by molar-refractivity contribution is -0.140. The van der Waals surface area contributed by atoms with Crippen LogP contribution in [0.25, 0.3) is 0 Å². The summed E-state index contributed by atoms with van der Waals surface area (Å²) in [5.41, 5.74) is 4.60. The van der Waals surface area contributed by atoms with E-state index < -0.39 is 6.04 Å². The first-order valence-corrected chi connectivity index (χ1v) is 12.2. The second-order valence-electron chi connectivity index (χ2n) is 9.19. The molecular formula is C28H38N2O2. The molecule has 0 unspecified atom stereocenters. The van der Waals surface area contributed by atoms with E-state index in [9.17, 15) is 9.59 Å². The second kappa shape index (κ2) is 11.8. The van der Waals surface area contributed by atoms with Gasteiger partial charge in [0.15, 0.2) is 0 Å². The van der Waals surface area contributed by atoms with E-state index in [-0.39, 0.29) is 17.9 Å². The normalized spacial score (nSPS) is 15.2. The molecule has 0 spiro atoms. The fourth-order valence-corrected chi connectivity index (χ4v) is 4.63. The van der Waals surface area contributed by atoms with Crippen molar-refractivity contribution in [1.82, 2.24) is 10.2 Å². The summed E-state index contributed by atoms with van der Waals surface area (Å²) in [5.74, 6) is 0.0238. The molecule has 1 fully saturated rings. The first-order valence-electron chi connectivity index (χ1n) is 12.2. The molecule has 1 atom stereocenters. The number of nitrogens with one attached hydrogen (secondary N) is 1. The van der Waals surface area contributed by atoms with E-state index in [0.717, 1.165) is 24.8 Å². The molecule has 0 aromatic heterocycles. The minimum Gasteiger partial charge on any atom is -0.352 e. The molecule has 2 aromatic carbocycles. The Morgan fingerprint density at radius 1 is 0.969 bits per heavy atom. The highest BCUT2D eigenvalue weighted by atomic mass is 16.2. The summed E-state index contributed by atoms with van der Waals surface area (Å²) >= 11 is 0. The molecule has 1 aliphatic rings. The number of carbonyl (C=O) groups excluding carboxylic acids is 2. The molecular weight excluding hydrogens is 396 g/mol. The highest BCUT2D eigenvalue weighted by Crippen LogP contribution is 2.19. The quantitative estimate of drug-likeness (QED) is 0.594. The number of amides is 2. The van der Waals surface area contributed by atoms with Crippen LogP contribution in [0.2, 0.25) is 0 Å². The molecule has 0 saturated heterocycles. The van der Waals surface area contributed by atoms with Crippen LogP contribution in [0.3, 0.4) is 0 Å². The summed E-state index contributed by atoms with van der Waals surface area (Å²) < 4.78 is 0. The topological polar surface area (TPSA) is 49.4 Å². The lowest BCUT2D eigenvalue weighted by Gasteiger charge is -2.33. The number of hydrogen-bond donors (Lipinski definition) is 1. The van der Waals surface area contributed by atoms with Crippen molar-refractivity contribution in [3.63, 3.8) is 0 Å². The van der Waals surface area contributed by atoms with Crippen LogP contribution in [0.4, 0.5) is 0 Å². The molecule has 2 amide bonds. The maximum absolute atomic E-state index is 13.5. The van der Waals surface area contributed by atoms with E-state index in [1.54, 1.807) is 0 Å². The van der Waals surface area contributed by atoms with Crippen molar-refractivity contribution < 1.29 is 9.59 Å². The molecule has 0 bridgehead atoms. The van der Waals surface area contributed by atoms with Gasteiger partial charge in [-0.15, -0.1) is 0 Å². The number of carbonyl (C=O) groups is 2. The zero-order valence-electron chi connectivity index (χ0n) is 19.9. The molecule has 1 N–H and O–H groups in total. The van der Waals surface area contributed by atoms with Crippen LogP contribution >= 0.6 is 0 Å². The smallest absolute Gasteiger partial charge is 0.243 e. The van der Waals surface area contributed by atoms with Crippen molar-refractivity contribution in [3.8, 4) is 0 Å². The molecule has 0 aliphatic heterocycles. The maximum Gasteiger partial charge on any atom is 0.243 e. The zero-order valence-corrected chi connectivity index (χ0v) is 19.9. The van der Waals surface area contributed by atoms with Gasteiger partial charge in [-0.25, -0.2) is 0 Å². The van der Waals surface area contributed by atoms with Crippen LogP contribution in [0.5, 0.6) is 0 Å². The summed E-state index contributed by atoms with van der Waals surface area (Å²) in [6.45, 7) is 6.70. The second-order valence-corrected chi connectivity index (χ2v) is 9.19. The lowest BCUT2D eigenvalue weighted by Crippen LogP contribution is -2.52. The Morgan fingerprint density at radius 2 is 1.69 bits per heavy atom. The molecule has 4 heteroatoms. The maximum atomic E-state index is 13.5.